The fourth-order valence-corrected chi connectivity index (χ4v) is 3.92. The molecule has 0 bridgehead atoms. The SMILES string of the molecule is CN(C(=O)NCc1ccccc1)[C@@H]1CCS(=O)(=O)C1. The van der Waals surface area contributed by atoms with Crippen LogP contribution in [0, 0.1) is 0 Å². The van der Waals surface area contributed by atoms with Crippen LogP contribution in [0.15, 0.2) is 30.3 Å². The van der Waals surface area contributed by atoms with Gasteiger partial charge >= 0.3 is 6.03 Å². The molecule has 1 fully saturated rings. The third-order valence-electron chi connectivity index (χ3n) is 3.36. The third-order valence-corrected chi connectivity index (χ3v) is 5.11. The summed E-state index contributed by atoms with van der Waals surface area (Å²) in [5.74, 6) is 0.246. The topological polar surface area (TPSA) is 66.5 Å². The first-order valence-corrected chi connectivity index (χ1v) is 8.05. The zero-order valence-electron chi connectivity index (χ0n) is 10.9. The number of hydrogen-bond donors (Lipinski definition) is 1. The van der Waals surface area contributed by atoms with Crippen molar-refractivity contribution in [3.05, 3.63) is 35.9 Å². The van der Waals surface area contributed by atoms with Crippen molar-refractivity contribution in [2.45, 2.75) is 19.0 Å². The predicted octanol–water partition coefficient (Wildman–Crippen LogP) is 1.02. The summed E-state index contributed by atoms with van der Waals surface area (Å²) in [5.41, 5.74) is 1.02. The van der Waals surface area contributed by atoms with Gasteiger partial charge in [-0.05, 0) is 12.0 Å². The fraction of sp³-hybridized carbons (Fsp3) is 0.462. The van der Waals surface area contributed by atoms with Crippen molar-refractivity contribution in [1.29, 1.82) is 0 Å². The number of carbonyl (C=O) groups excluding carboxylic acids is 1. The van der Waals surface area contributed by atoms with E-state index < -0.39 is 9.84 Å². The lowest BCUT2D eigenvalue weighted by atomic mass is 10.2. The Labute approximate surface area is 113 Å². The Morgan fingerprint density at radius 2 is 2.05 bits per heavy atom. The van der Waals surface area contributed by atoms with Crippen molar-refractivity contribution in [3.8, 4) is 0 Å². The van der Waals surface area contributed by atoms with Crippen molar-refractivity contribution in [3.63, 3.8) is 0 Å². The summed E-state index contributed by atoms with van der Waals surface area (Å²) < 4.78 is 22.8. The Morgan fingerprint density at radius 3 is 2.63 bits per heavy atom. The molecule has 1 atom stereocenters. The number of benzene rings is 1. The molecule has 5 nitrogen and oxygen atoms in total. The monoisotopic (exact) mass is 282 g/mol. The van der Waals surface area contributed by atoms with Gasteiger partial charge in [0.15, 0.2) is 9.84 Å². The quantitative estimate of drug-likeness (QED) is 0.900. The molecule has 0 radical (unpaired) electrons. The first kappa shape index (κ1) is 13.9. The molecule has 1 N–H and O–H groups in total. The molecule has 1 saturated heterocycles. The lowest BCUT2D eigenvalue weighted by Crippen LogP contribution is -2.43. The van der Waals surface area contributed by atoms with Crippen LogP contribution in [-0.2, 0) is 16.4 Å². The molecule has 0 aliphatic carbocycles. The second-order valence-electron chi connectivity index (χ2n) is 4.81. The highest BCUT2D eigenvalue weighted by molar-refractivity contribution is 7.91. The highest BCUT2D eigenvalue weighted by Crippen LogP contribution is 2.16. The Bertz CT molecular complexity index is 542. The number of nitrogens with zero attached hydrogens (tertiary/aromatic N) is 1. The molecule has 0 unspecified atom stereocenters. The van der Waals surface area contributed by atoms with E-state index in [4.69, 9.17) is 0 Å². The van der Waals surface area contributed by atoms with Crippen molar-refractivity contribution >= 4 is 15.9 Å². The normalized spacial score (nSPS) is 21.0. The van der Waals surface area contributed by atoms with Gasteiger partial charge in [0.25, 0.3) is 0 Å². The first-order valence-electron chi connectivity index (χ1n) is 6.23. The van der Waals surface area contributed by atoms with Gasteiger partial charge in [-0.3, -0.25) is 0 Å². The molecule has 0 aromatic heterocycles. The van der Waals surface area contributed by atoms with E-state index in [1.165, 1.54) is 4.90 Å². The number of urea groups is 1. The number of nitrogens with one attached hydrogen (secondary N) is 1. The fourth-order valence-electron chi connectivity index (χ4n) is 2.14. The number of rotatable bonds is 3. The van der Waals surface area contributed by atoms with Crippen molar-refractivity contribution in [2.24, 2.45) is 0 Å². The summed E-state index contributed by atoms with van der Waals surface area (Å²) >= 11 is 0. The van der Waals surface area contributed by atoms with Crippen LogP contribution in [-0.4, -0.2) is 43.9 Å². The van der Waals surface area contributed by atoms with Gasteiger partial charge in [0, 0.05) is 19.6 Å². The van der Waals surface area contributed by atoms with Gasteiger partial charge in [-0.2, -0.15) is 0 Å². The number of hydrogen-bond acceptors (Lipinski definition) is 3. The van der Waals surface area contributed by atoms with Crippen LogP contribution in [0.2, 0.25) is 0 Å². The molecule has 2 rings (SSSR count). The zero-order chi connectivity index (χ0) is 13.9. The largest absolute Gasteiger partial charge is 0.334 e. The molecule has 19 heavy (non-hydrogen) atoms. The second-order valence-corrected chi connectivity index (χ2v) is 7.04. The molecule has 104 valence electrons. The standard InChI is InChI=1S/C13H18N2O3S/c1-15(12-7-8-19(17,18)10-12)13(16)14-9-11-5-3-2-4-6-11/h2-6,12H,7-10H2,1H3,(H,14,16)/t12-/m1/s1. The van der Waals surface area contributed by atoms with Crippen LogP contribution in [0.25, 0.3) is 0 Å². The number of carbonyl (C=O) groups is 1. The van der Waals surface area contributed by atoms with E-state index in [0.717, 1.165) is 5.56 Å². The molecule has 0 saturated carbocycles. The van der Waals surface area contributed by atoms with Crippen LogP contribution >= 0.6 is 0 Å². The van der Waals surface area contributed by atoms with Crippen LogP contribution in [0.4, 0.5) is 4.79 Å². The molecular formula is C13H18N2O3S. The van der Waals surface area contributed by atoms with Gasteiger partial charge in [0.2, 0.25) is 0 Å². The number of amides is 2. The predicted molar refractivity (Wildman–Crippen MR) is 73.5 cm³/mol. The maximum absolute atomic E-state index is 11.9. The van der Waals surface area contributed by atoms with Gasteiger partial charge < -0.3 is 10.2 Å². The molecule has 1 aliphatic heterocycles. The summed E-state index contributed by atoms with van der Waals surface area (Å²) in [4.78, 5) is 13.4. The van der Waals surface area contributed by atoms with E-state index in [1.807, 2.05) is 30.3 Å². The average molecular weight is 282 g/mol. The van der Waals surface area contributed by atoms with Gasteiger partial charge in [0.05, 0.1) is 11.5 Å². The Balaban J connectivity index is 1.87. The van der Waals surface area contributed by atoms with E-state index in [9.17, 15) is 13.2 Å². The van der Waals surface area contributed by atoms with Crippen LogP contribution in [0.3, 0.4) is 0 Å². The Hall–Kier alpha value is -1.56. The molecule has 1 heterocycles. The summed E-state index contributed by atoms with van der Waals surface area (Å²) in [7, 11) is -1.32. The highest BCUT2D eigenvalue weighted by Gasteiger charge is 2.32. The van der Waals surface area contributed by atoms with Crippen LogP contribution in [0.5, 0.6) is 0 Å². The minimum absolute atomic E-state index is 0.0717. The molecule has 2 amide bonds. The minimum atomic E-state index is -2.96. The smallest absolute Gasteiger partial charge is 0.317 e. The Morgan fingerprint density at radius 1 is 1.37 bits per heavy atom. The lowest BCUT2D eigenvalue weighted by Gasteiger charge is -2.23. The molecule has 6 heteroatoms. The Kier molecular flexibility index (Phi) is 4.09. The molecule has 1 aromatic rings. The van der Waals surface area contributed by atoms with Gasteiger partial charge in [-0.25, -0.2) is 13.2 Å². The summed E-state index contributed by atoms with van der Waals surface area (Å²) in [6.45, 7) is 0.448. The molecule has 1 aliphatic rings. The van der Waals surface area contributed by atoms with E-state index in [-0.39, 0.29) is 23.6 Å². The van der Waals surface area contributed by atoms with Crippen LogP contribution in [0.1, 0.15) is 12.0 Å². The molecule has 0 spiro atoms. The lowest BCUT2D eigenvalue weighted by molar-refractivity contribution is 0.194. The minimum Gasteiger partial charge on any atom is -0.334 e. The zero-order valence-corrected chi connectivity index (χ0v) is 11.7. The van der Waals surface area contributed by atoms with E-state index >= 15 is 0 Å². The summed E-state index contributed by atoms with van der Waals surface area (Å²) in [6, 6.07) is 9.16. The van der Waals surface area contributed by atoms with E-state index in [1.54, 1.807) is 7.05 Å². The molecular weight excluding hydrogens is 264 g/mol. The van der Waals surface area contributed by atoms with Gasteiger partial charge in [-0.1, -0.05) is 30.3 Å². The average Bonchev–Trinajstić information content (AvgIpc) is 2.76. The number of sulfone groups is 1. The van der Waals surface area contributed by atoms with Gasteiger partial charge in [-0.15, -0.1) is 0 Å². The van der Waals surface area contributed by atoms with E-state index in [0.29, 0.717) is 13.0 Å². The summed E-state index contributed by atoms with van der Waals surface area (Å²) in [5, 5.41) is 2.80. The first-order chi connectivity index (χ1) is 8.98. The molecule has 1 aromatic carbocycles. The third kappa shape index (κ3) is 3.70. The van der Waals surface area contributed by atoms with Crippen molar-refractivity contribution in [1.82, 2.24) is 10.2 Å². The van der Waals surface area contributed by atoms with Crippen molar-refractivity contribution in [2.75, 3.05) is 18.6 Å². The summed E-state index contributed by atoms with van der Waals surface area (Å²) in [6.07, 6.45) is 0.525. The maximum atomic E-state index is 11.9. The van der Waals surface area contributed by atoms with Gasteiger partial charge in [0.1, 0.15) is 0 Å². The highest BCUT2D eigenvalue weighted by atomic mass is 32.2. The maximum Gasteiger partial charge on any atom is 0.317 e. The van der Waals surface area contributed by atoms with E-state index in [2.05, 4.69) is 5.32 Å². The van der Waals surface area contributed by atoms with Crippen LogP contribution < -0.4 is 5.32 Å². The second kappa shape index (κ2) is 5.61. The van der Waals surface area contributed by atoms with Crippen molar-refractivity contribution < 1.29 is 13.2 Å².